The summed E-state index contributed by atoms with van der Waals surface area (Å²) in [4.78, 5) is 0. The summed E-state index contributed by atoms with van der Waals surface area (Å²) >= 11 is 0. The molecule has 5 nitrogen and oxygen atoms in total. The molecule has 0 bridgehead atoms. The number of rotatable bonds is 3. The lowest BCUT2D eigenvalue weighted by Crippen LogP contribution is -2.55. The number of piperidine rings is 1. The Bertz CT molecular complexity index is 411. The Morgan fingerprint density at radius 3 is 2.59 bits per heavy atom. The first kappa shape index (κ1) is 14.4. The highest BCUT2D eigenvalue weighted by atomic mass is 32.2. The van der Waals surface area contributed by atoms with Gasteiger partial charge in [-0.2, -0.15) is 5.26 Å². The van der Waals surface area contributed by atoms with Crippen LogP contribution in [0.15, 0.2) is 0 Å². The van der Waals surface area contributed by atoms with Crippen molar-refractivity contribution in [3.8, 4) is 6.07 Å². The molecule has 0 aromatic carbocycles. The van der Waals surface area contributed by atoms with Gasteiger partial charge in [-0.25, -0.2) is 12.7 Å². The molecule has 6 heteroatoms. The van der Waals surface area contributed by atoms with Crippen LogP contribution in [0.3, 0.4) is 0 Å². The maximum absolute atomic E-state index is 12.2. The number of nitrogens with two attached hydrogens (primary N) is 1. The molecular formula is C11H21N3O2S. The summed E-state index contributed by atoms with van der Waals surface area (Å²) in [6.45, 7) is 6.46. The molecule has 1 fully saturated rings. The minimum Gasteiger partial charge on any atom is -0.327 e. The van der Waals surface area contributed by atoms with Gasteiger partial charge in [0.15, 0.2) is 5.25 Å². The average Bonchev–Trinajstić information content (AvgIpc) is 2.23. The maximum atomic E-state index is 12.2. The van der Waals surface area contributed by atoms with Crippen LogP contribution in [-0.2, 0) is 10.0 Å². The molecule has 0 aromatic rings. The van der Waals surface area contributed by atoms with Gasteiger partial charge in [0.2, 0.25) is 10.0 Å². The van der Waals surface area contributed by atoms with Crippen molar-refractivity contribution in [2.45, 2.75) is 44.9 Å². The van der Waals surface area contributed by atoms with E-state index in [0.717, 1.165) is 0 Å². The van der Waals surface area contributed by atoms with Gasteiger partial charge in [0, 0.05) is 19.1 Å². The van der Waals surface area contributed by atoms with Crippen molar-refractivity contribution >= 4 is 10.0 Å². The van der Waals surface area contributed by atoms with Crippen LogP contribution in [0.4, 0.5) is 0 Å². The van der Waals surface area contributed by atoms with E-state index in [2.05, 4.69) is 0 Å². The predicted molar refractivity (Wildman–Crippen MR) is 66.6 cm³/mol. The SMILES string of the molecule is CCC(C#N)S(=O)(=O)N1CCC(N)C(C)(C)C1. The van der Waals surface area contributed by atoms with E-state index in [1.54, 1.807) is 6.92 Å². The molecule has 1 rings (SSSR count). The van der Waals surface area contributed by atoms with E-state index < -0.39 is 15.3 Å². The molecule has 2 unspecified atom stereocenters. The number of nitriles is 1. The number of nitrogens with zero attached hydrogens (tertiary/aromatic N) is 2. The highest BCUT2D eigenvalue weighted by molar-refractivity contribution is 7.90. The van der Waals surface area contributed by atoms with Crippen LogP contribution in [0.1, 0.15) is 33.6 Å². The molecule has 1 aliphatic rings. The lowest BCUT2D eigenvalue weighted by Gasteiger charge is -2.42. The predicted octanol–water partition coefficient (Wildman–Crippen LogP) is 0.678. The summed E-state index contributed by atoms with van der Waals surface area (Å²) < 4.78 is 25.8. The van der Waals surface area contributed by atoms with E-state index in [1.807, 2.05) is 19.9 Å². The van der Waals surface area contributed by atoms with Crippen molar-refractivity contribution in [1.82, 2.24) is 4.31 Å². The molecule has 2 N–H and O–H groups in total. The Morgan fingerprint density at radius 1 is 1.59 bits per heavy atom. The van der Waals surface area contributed by atoms with Crippen molar-refractivity contribution in [1.29, 1.82) is 5.26 Å². The average molecular weight is 259 g/mol. The zero-order valence-corrected chi connectivity index (χ0v) is 11.5. The molecule has 1 saturated heterocycles. The molecule has 0 aliphatic carbocycles. The second kappa shape index (κ2) is 4.92. The summed E-state index contributed by atoms with van der Waals surface area (Å²) in [5.74, 6) is 0. The Morgan fingerprint density at radius 2 is 2.18 bits per heavy atom. The fraction of sp³-hybridized carbons (Fsp3) is 0.909. The normalized spacial score (nSPS) is 27.4. The van der Waals surface area contributed by atoms with Crippen LogP contribution in [0, 0.1) is 16.7 Å². The van der Waals surface area contributed by atoms with Gasteiger partial charge >= 0.3 is 0 Å². The van der Waals surface area contributed by atoms with Crippen molar-refractivity contribution in [3.63, 3.8) is 0 Å². The first-order chi connectivity index (χ1) is 7.75. The smallest absolute Gasteiger partial charge is 0.230 e. The minimum absolute atomic E-state index is 0.0103. The third-order valence-corrected chi connectivity index (χ3v) is 5.70. The second-order valence-electron chi connectivity index (χ2n) is 5.29. The van der Waals surface area contributed by atoms with Crippen LogP contribution in [0.2, 0.25) is 0 Å². The summed E-state index contributed by atoms with van der Waals surface area (Å²) in [5.41, 5.74) is 5.74. The van der Waals surface area contributed by atoms with Gasteiger partial charge in [0.05, 0.1) is 6.07 Å². The lowest BCUT2D eigenvalue weighted by molar-refractivity contribution is 0.155. The van der Waals surface area contributed by atoms with Crippen LogP contribution in [0.25, 0.3) is 0 Å². The van der Waals surface area contributed by atoms with Crippen LogP contribution in [-0.4, -0.2) is 37.1 Å². The van der Waals surface area contributed by atoms with Gasteiger partial charge in [0.1, 0.15) is 0 Å². The summed E-state index contributed by atoms with van der Waals surface area (Å²) in [6.07, 6.45) is 0.968. The Kier molecular flexibility index (Phi) is 4.18. The highest BCUT2D eigenvalue weighted by Crippen LogP contribution is 2.30. The maximum Gasteiger partial charge on any atom is 0.230 e. The Balaban J connectivity index is 2.92. The monoisotopic (exact) mass is 259 g/mol. The molecule has 0 amide bonds. The van der Waals surface area contributed by atoms with Crippen molar-refractivity contribution in [2.24, 2.45) is 11.1 Å². The summed E-state index contributed by atoms with van der Waals surface area (Å²) in [7, 11) is -3.50. The molecule has 1 heterocycles. The number of hydrogen-bond acceptors (Lipinski definition) is 4. The molecule has 98 valence electrons. The molecule has 2 atom stereocenters. The van der Waals surface area contributed by atoms with E-state index in [9.17, 15) is 8.42 Å². The van der Waals surface area contributed by atoms with Gasteiger partial charge in [-0.15, -0.1) is 0 Å². The van der Waals surface area contributed by atoms with Gasteiger partial charge in [-0.05, 0) is 18.3 Å². The van der Waals surface area contributed by atoms with Gasteiger partial charge in [-0.1, -0.05) is 20.8 Å². The zero-order valence-electron chi connectivity index (χ0n) is 10.7. The van der Waals surface area contributed by atoms with Crippen LogP contribution >= 0.6 is 0 Å². The molecule has 0 aromatic heterocycles. The first-order valence-corrected chi connectivity index (χ1v) is 7.40. The molecule has 1 aliphatic heterocycles. The lowest BCUT2D eigenvalue weighted by atomic mass is 9.81. The third-order valence-electron chi connectivity index (χ3n) is 3.51. The second-order valence-corrected chi connectivity index (χ2v) is 7.40. The van der Waals surface area contributed by atoms with Crippen molar-refractivity contribution in [2.75, 3.05) is 13.1 Å². The Labute approximate surface area is 104 Å². The molecule has 0 spiro atoms. The zero-order chi connectivity index (χ0) is 13.3. The quantitative estimate of drug-likeness (QED) is 0.807. The van der Waals surface area contributed by atoms with E-state index in [-0.39, 0.29) is 11.5 Å². The van der Waals surface area contributed by atoms with Gasteiger partial charge in [0.25, 0.3) is 0 Å². The van der Waals surface area contributed by atoms with Crippen LogP contribution < -0.4 is 5.73 Å². The Hall–Kier alpha value is -0.640. The molecule has 0 saturated carbocycles. The molecule has 0 radical (unpaired) electrons. The fourth-order valence-electron chi connectivity index (χ4n) is 2.09. The van der Waals surface area contributed by atoms with Crippen molar-refractivity contribution in [3.05, 3.63) is 0 Å². The van der Waals surface area contributed by atoms with Crippen LogP contribution in [0.5, 0.6) is 0 Å². The van der Waals surface area contributed by atoms with Gasteiger partial charge in [-0.3, -0.25) is 0 Å². The molecule has 17 heavy (non-hydrogen) atoms. The topological polar surface area (TPSA) is 87.2 Å². The number of sulfonamides is 1. The van der Waals surface area contributed by atoms with E-state index in [4.69, 9.17) is 11.0 Å². The standard InChI is InChI=1S/C11H21N3O2S/c1-4-9(7-12)17(15,16)14-6-5-10(13)11(2,3)8-14/h9-10H,4-6,8,13H2,1-3H3. The van der Waals surface area contributed by atoms with Gasteiger partial charge < -0.3 is 5.73 Å². The summed E-state index contributed by atoms with van der Waals surface area (Å²) in [5, 5.41) is 7.96. The van der Waals surface area contributed by atoms with E-state index in [1.165, 1.54) is 4.31 Å². The third kappa shape index (κ3) is 2.79. The fourth-order valence-corrected chi connectivity index (χ4v) is 3.88. The van der Waals surface area contributed by atoms with E-state index >= 15 is 0 Å². The van der Waals surface area contributed by atoms with E-state index in [0.29, 0.717) is 25.9 Å². The number of hydrogen-bond donors (Lipinski definition) is 1. The minimum atomic E-state index is -3.50. The van der Waals surface area contributed by atoms with Crippen molar-refractivity contribution < 1.29 is 8.42 Å². The molecular weight excluding hydrogens is 238 g/mol. The first-order valence-electron chi connectivity index (χ1n) is 5.90. The largest absolute Gasteiger partial charge is 0.327 e. The summed E-state index contributed by atoms with van der Waals surface area (Å²) in [6, 6.07) is 1.88. The highest BCUT2D eigenvalue weighted by Gasteiger charge is 2.40.